The van der Waals surface area contributed by atoms with Gasteiger partial charge in [-0.2, -0.15) is 0 Å². The highest BCUT2D eigenvalue weighted by atomic mass is 16.4. The molecule has 0 bridgehead atoms. The quantitative estimate of drug-likeness (QED) is 0.895. The van der Waals surface area contributed by atoms with Crippen molar-refractivity contribution in [2.45, 2.75) is 52.0 Å². The third-order valence-electron chi connectivity index (χ3n) is 4.63. The maximum Gasteiger partial charge on any atom is 0.311 e. The number of hydrogen-bond donors (Lipinski definition) is 2. The van der Waals surface area contributed by atoms with E-state index < -0.39 is 11.4 Å². The Hall–Kier alpha value is -1.84. The van der Waals surface area contributed by atoms with Crippen LogP contribution in [0.2, 0.25) is 0 Å². The Morgan fingerprint density at radius 3 is 2.52 bits per heavy atom. The predicted octanol–water partition coefficient (Wildman–Crippen LogP) is 3.01. The van der Waals surface area contributed by atoms with E-state index in [2.05, 4.69) is 12.2 Å². The standard InChI is InChI=1S/C17H23NO3/c1-3-12-7-9-13(10-8-12)15(19)18-14-6-4-5-11-17(14,2)16(20)21/h7-10,14H,3-6,11H2,1-2H3,(H,18,19)(H,20,21). The van der Waals surface area contributed by atoms with E-state index in [0.29, 0.717) is 12.0 Å². The summed E-state index contributed by atoms with van der Waals surface area (Å²) in [7, 11) is 0. The normalized spacial score (nSPS) is 25.3. The molecule has 1 aliphatic rings. The molecule has 2 atom stereocenters. The second-order valence-corrected chi connectivity index (χ2v) is 6.04. The van der Waals surface area contributed by atoms with Crippen LogP contribution in [0.25, 0.3) is 0 Å². The summed E-state index contributed by atoms with van der Waals surface area (Å²) >= 11 is 0. The van der Waals surface area contributed by atoms with E-state index in [-0.39, 0.29) is 11.9 Å². The molecule has 1 amide bonds. The number of aliphatic carboxylic acids is 1. The molecule has 4 heteroatoms. The van der Waals surface area contributed by atoms with E-state index in [1.165, 1.54) is 5.56 Å². The minimum Gasteiger partial charge on any atom is -0.481 e. The van der Waals surface area contributed by atoms with Crippen molar-refractivity contribution in [1.82, 2.24) is 5.32 Å². The van der Waals surface area contributed by atoms with Crippen LogP contribution in [-0.2, 0) is 11.2 Å². The topological polar surface area (TPSA) is 66.4 Å². The minimum absolute atomic E-state index is 0.183. The molecule has 2 N–H and O–H groups in total. The van der Waals surface area contributed by atoms with Crippen LogP contribution in [0, 0.1) is 5.41 Å². The van der Waals surface area contributed by atoms with E-state index in [4.69, 9.17) is 0 Å². The van der Waals surface area contributed by atoms with Gasteiger partial charge in [0.2, 0.25) is 0 Å². The van der Waals surface area contributed by atoms with E-state index in [1.807, 2.05) is 12.1 Å². The SMILES string of the molecule is CCc1ccc(C(=O)NC2CCCCC2(C)C(=O)O)cc1. The fraction of sp³-hybridized carbons (Fsp3) is 0.529. The molecule has 114 valence electrons. The number of carboxylic acids is 1. The zero-order chi connectivity index (χ0) is 15.5. The molecule has 0 radical (unpaired) electrons. The van der Waals surface area contributed by atoms with Crippen molar-refractivity contribution >= 4 is 11.9 Å². The largest absolute Gasteiger partial charge is 0.481 e. The van der Waals surface area contributed by atoms with Gasteiger partial charge in [-0.25, -0.2) is 0 Å². The third-order valence-corrected chi connectivity index (χ3v) is 4.63. The summed E-state index contributed by atoms with van der Waals surface area (Å²) in [6, 6.07) is 7.17. The molecular weight excluding hydrogens is 266 g/mol. The molecular formula is C17H23NO3. The Morgan fingerprint density at radius 2 is 1.95 bits per heavy atom. The highest BCUT2D eigenvalue weighted by molar-refractivity contribution is 5.94. The second-order valence-electron chi connectivity index (χ2n) is 6.04. The van der Waals surface area contributed by atoms with Crippen molar-refractivity contribution in [3.8, 4) is 0 Å². The lowest BCUT2D eigenvalue weighted by Gasteiger charge is -2.38. The van der Waals surface area contributed by atoms with Crippen LogP contribution in [0.1, 0.15) is 55.5 Å². The number of rotatable bonds is 4. The van der Waals surface area contributed by atoms with Gasteiger partial charge in [0.05, 0.1) is 5.41 Å². The Labute approximate surface area is 125 Å². The Kier molecular flexibility index (Phi) is 4.66. The first-order valence-electron chi connectivity index (χ1n) is 7.60. The third kappa shape index (κ3) is 3.26. The zero-order valence-electron chi connectivity index (χ0n) is 12.7. The van der Waals surface area contributed by atoms with Gasteiger partial charge in [0.1, 0.15) is 0 Å². The maximum atomic E-state index is 12.3. The Bertz CT molecular complexity index is 523. The van der Waals surface area contributed by atoms with Crippen LogP contribution in [0.3, 0.4) is 0 Å². The molecule has 21 heavy (non-hydrogen) atoms. The van der Waals surface area contributed by atoms with E-state index >= 15 is 0 Å². The lowest BCUT2D eigenvalue weighted by molar-refractivity contribution is -0.151. The first-order chi connectivity index (χ1) is 9.97. The first-order valence-corrected chi connectivity index (χ1v) is 7.60. The Balaban J connectivity index is 2.11. The minimum atomic E-state index is -0.864. The number of carbonyl (C=O) groups is 2. The molecule has 1 saturated carbocycles. The summed E-state index contributed by atoms with van der Waals surface area (Å²) in [5.41, 5.74) is 0.905. The van der Waals surface area contributed by atoms with Crippen molar-refractivity contribution in [2.75, 3.05) is 0 Å². The lowest BCUT2D eigenvalue weighted by Crippen LogP contribution is -2.52. The smallest absolute Gasteiger partial charge is 0.311 e. The number of benzene rings is 1. The van der Waals surface area contributed by atoms with Gasteiger partial charge in [0.15, 0.2) is 0 Å². The molecule has 1 aromatic carbocycles. The summed E-state index contributed by atoms with van der Waals surface area (Å²) in [6.07, 6.45) is 4.13. The van der Waals surface area contributed by atoms with E-state index in [9.17, 15) is 14.7 Å². The molecule has 0 heterocycles. The molecule has 4 nitrogen and oxygen atoms in total. The summed E-state index contributed by atoms with van der Waals surface area (Å²) in [4.78, 5) is 23.9. The summed E-state index contributed by atoms with van der Waals surface area (Å²) in [5.74, 6) is -1.01. The molecule has 2 rings (SSSR count). The van der Waals surface area contributed by atoms with Gasteiger partial charge in [0, 0.05) is 11.6 Å². The molecule has 0 spiro atoms. The average Bonchev–Trinajstić information content (AvgIpc) is 2.49. The monoisotopic (exact) mass is 289 g/mol. The molecule has 0 aromatic heterocycles. The number of nitrogens with one attached hydrogen (secondary N) is 1. The van der Waals surface area contributed by atoms with Gasteiger partial charge in [-0.3, -0.25) is 9.59 Å². The van der Waals surface area contributed by atoms with Crippen LogP contribution < -0.4 is 5.32 Å². The number of amides is 1. The van der Waals surface area contributed by atoms with Crippen LogP contribution in [-0.4, -0.2) is 23.0 Å². The molecule has 1 fully saturated rings. The molecule has 2 unspecified atom stereocenters. The van der Waals surface area contributed by atoms with Gasteiger partial charge >= 0.3 is 5.97 Å². The molecule has 0 saturated heterocycles. The lowest BCUT2D eigenvalue weighted by atomic mass is 9.71. The fourth-order valence-electron chi connectivity index (χ4n) is 2.95. The number of hydrogen-bond acceptors (Lipinski definition) is 2. The fourth-order valence-corrected chi connectivity index (χ4v) is 2.95. The van der Waals surface area contributed by atoms with Gasteiger partial charge in [-0.15, -0.1) is 0 Å². The highest BCUT2D eigenvalue weighted by Gasteiger charge is 2.43. The van der Waals surface area contributed by atoms with Crippen LogP contribution in [0.15, 0.2) is 24.3 Å². The first kappa shape index (κ1) is 15.5. The number of aryl methyl sites for hydroxylation is 1. The second kappa shape index (κ2) is 6.29. The average molecular weight is 289 g/mol. The number of carbonyl (C=O) groups excluding carboxylic acids is 1. The van der Waals surface area contributed by atoms with Gasteiger partial charge < -0.3 is 10.4 Å². The van der Waals surface area contributed by atoms with Gasteiger partial charge in [0.25, 0.3) is 5.91 Å². The maximum absolute atomic E-state index is 12.3. The van der Waals surface area contributed by atoms with Gasteiger partial charge in [-0.1, -0.05) is 31.9 Å². The van der Waals surface area contributed by atoms with Crippen LogP contribution in [0.5, 0.6) is 0 Å². The summed E-state index contributed by atoms with van der Waals surface area (Å²) in [5, 5.41) is 12.4. The number of carboxylic acid groups (broad SMARTS) is 1. The van der Waals surface area contributed by atoms with Crippen LogP contribution >= 0.6 is 0 Å². The van der Waals surface area contributed by atoms with Crippen molar-refractivity contribution in [2.24, 2.45) is 5.41 Å². The Morgan fingerprint density at radius 1 is 1.29 bits per heavy atom. The molecule has 1 aromatic rings. The predicted molar refractivity (Wildman–Crippen MR) is 81.3 cm³/mol. The van der Waals surface area contributed by atoms with Crippen LogP contribution in [0.4, 0.5) is 0 Å². The highest BCUT2D eigenvalue weighted by Crippen LogP contribution is 2.36. The van der Waals surface area contributed by atoms with E-state index in [1.54, 1.807) is 19.1 Å². The molecule has 1 aliphatic carbocycles. The van der Waals surface area contributed by atoms with Gasteiger partial charge in [-0.05, 0) is 43.9 Å². The zero-order valence-corrected chi connectivity index (χ0v) is 12.7. The summed E-state index contributed by atoms with van der Waals surface area (Å²) < 4.78 is 0. The van der Waals surface area contributed by atoms with Crippen molar-refractivity contribution < 1.29 is 14.7 Å². The van der Waals surface area contributed by atoms with Crippen molar-refractivity contribution in [3.63, 3.8) is 0 Å². The van der Waals surface area contributed by atoms with Crippen molar-refractivity contribution in [1.29, 1.82) is 0 Å². The van der Waals surface area contributed by atoms with Crippen molar-refractivity contribution in [3.05, 3.63) is 35.4 Å². The molecule has 0 aliphatic heterocycles. The van der Waals surface area contributed by atoms with E-state index in [0.717, 1.165) is 25.7 Å². The summed E-state index contributed by atoms with van der Waals surface area (Å²) in [6.45, 7) is 3.80.